The fourth-order valence-electron chi connectivity index (χ4n) is 11.2. The molecule has 1 heteroatoms. The Bertz CT molecular complexity index is 3390. The van der Waals surface area contributed by atoms with Crippen molar-refractivity contribution in [3.8, 4) is 44.5 Å². The summed E-state index contributed by atoms with van der Waals surface area (Å²) in [6, 6.07) is 81.2. The second-order valence-corrected chi connectivity index (χ2v) is 17.8. The first-order valence-electron chi connectivity index (χ1n) is 21.8. The monoisotopic (exact) mass is 791 g/mol. The molecule has 12 rings (SSSR count). The second kappa shape index (κ2) is 13.8. The fourth-order valence-corrected chi connectivity index (χ4v) is 11.2. The van der Waals surface area contributed by atoms with Crippen LogP contribution in [0.3, 0.4) is 0 Å². The molecule has 62 heavy (non-hydrogen) atoms. The minimum atomic E-state index is -0.315. The van der Waals surface area contributed by atoms with E-state index in [4.69, 9.17) is 0 Å². The van der Waals surface area contributed by atoms with E-state index in [1.807, 2.05) is 0 Å². The van der Waals surface area contributed by atoms with Gasteiger partial charge in [-0.1, -0.05) is 202 Å². The molecule has 0 aliphatic heterocycles. The molecule has 0 saturated heterocycles. The van der Waals surface area contributed by atoms with Crippen LogP contribution in [0.25, 0.3) is 66.1 Å². The third kappa shape index (κ3) is 5.28. The maximum atomic E-state index is 2.48. The van der Waals surface area contributed by atoms with Gasteiger partial charge in [0.15, 0.2) is 0 Å². The summed E-state index contributed by atoms with van der Waals surface area (Å²) in [7, 11) is 0. The first-order valence-corrected chi connectivity index (χ1v) is 21.8. The van der Waals surface area contributed by atoms with Gasteiger partial charge in [0.1, 0.15) is 0 Å². The fraction of sp³-hybridized carbons (Fsp3) is 0.0820. The molecule has 0 amide bonds. The minimum absolute atomic E-state index is 0.114. The van der Waals surface area contributed by atoms with Crippen molar-refractivity contribution in [2.75, 3.05) is 4.90 Å². The summed E-state index contributed by atoms with van der Waals surface area (Å²) in [6.07, 6.45) is 0. The van der Waals surface area contributed by atoms with E-state index < -0.39 is 0 Å². The van der Waals surface area contributed by atoms with Gasteiger partial charge in [0.2, 0.25) is 0 Å². The quantitative estimate of drug-likeness (QED) is 0.152. The molecule has 0 bridgehead atoms. The van der Waals surface area contributed by atoms with Crippen LogP contribution < -0.4 is 4.90 Å². The molecule has 1 atom stereocenters. The smallest absolute Gasteiger partial charge is 0.0540 e. The lowest BCUT2D eigenvalue weighted by molar-refractivity contribution is 0.662. The van der Waals surface area contributed by atoms with Crippen LogP contribution >= 0.6 is 0 Å². The number of rotatable bonds is 6. The van der Waals surface area contributed by atoms with Crippen molar-refractivity contribution in [1.82, 2.24) is 0 Å². The molecule has 0 saturated carbocycles. The minimum Gasteiger partial charge on any atom is -0.310 e. The molecule has 10 aromatic carbocycles. The normalized spacial score (nSPS) is 15.5. The highest BCUT2D eigenvalue weighted by Crippen LogP contribution is 2.55. The molecular weight excluding hydrogens is 747 g/mol. The largest absolute Gasteiger partial charge is 0.310 e. The van der Waals surface area contributed by atoms with Crippen molar-refractivity contribution in [3.05, 3.63) is 246 Å². The first-order chi connectivity index (χ1) is 30.4. The topological polar surface area (TPSA) is 3.24 Å². The maximum Gasteiger partial charge on any atom is 0.0540 e. The van der Waals surface area contributed by atoms with E-state index >= 15 is 0 Å². The van der Waals surface area contributed by atoms with Gasteiger partial charge in [-0.15, -0.1) is 0 Å². The van der Waals surface area contributed by atoms with Crippen LogP contribution in [0.1, 0.15) is 48.6 Å². The van der Waals surface area contributed by atoms with Gasteiger partial charge in [-0.05, 0) is 126 Å². The first kappa shape index (κ1) is 36.4. The number of fused-ring (bicyclic) bond motifs is 9. The Balaban J connectivity index is 1.03. The number of hydrogen-bond donors (Lipinski definition) is 0. The predicted molar refractivity (Wildman–Crippen MR) is 262 cm³/mol. The van der Waals surface area contributed by atoms with Crippen LogP contribution in [0.2, 0.25) is 0 Å². The Labute approximate surface area is 364 Å². The number of hydrogen-bond acceptors (Lipinski definition) is 1. The Morgan fingerprint density at radius 2 is 0.903 bits per heavy atom. The zero-order valence-corrected chi connectivity index (χ0v) is 35.2. The molecule has 1 unspecified atom stereocenters. The van der Waals surface area contributed by atoms with Gasteiger partial charge < -0.3 is 4.90 Å². The van der Waals surface area contributed by atoms with Crippen molar-refractivity contribution in [1.29, 1.82) is 0 Å². The van der Waals surface area contributed by atoms with Crippen LogP contribution in [0.4, 0.5) is 17.1 Å². The van der Waals surface area contributed by atoms with Gasteiger partial charge in [0, 0.05) is 27.6 Å². The molecule has 2 aliphatic carbocycles. The third-order valence-electron chi connectivity index (χ3n) is 14.1. The van der Waals surface area contributed by atoms with Gasteiger partial charge in [0.25, 0.3) is 0 Å². The van der Waals surface area contributed by atoms with E-state index in [0.29, 0.717) is 0 Å². The standard InChI is InChI=1S/C61H45N/c1-60(2)55-28-13-11-24-50(55)54-27-15-26-53(59(54)60)48-22-10-9-21-46(48)41-31-34-43(35-32-41)62(58-30-16-25-47-45-20-8-7-17-40(45)33-37-52(47)58)44-36-38-51-49-23-12-14-29-56(49)61(3,57(51)39-44)42-18-5-4-6-19-42/h4-39H,1-3H3. The number of anilines is 3. The Morgan fingerprint density at radius 3 is 1.69 bits per heavy atom. The lowest BCUT2D eigenvalue weighted by Crippen LogP contribution is -2.22. The van der Waals surface area contributed by atoms with Crippen molar-refractivity contribution in [3.63, 3.8) is 0 Å². The van der Waals surface area contributed by atoms with Crippen LogP contribution in [0.5, 0.6) is 0 Å². The van der Waals surface area contributed by atoms with Gasteiger partial charge in [0.05, 0.1) is 5.69 Å². The molecule has 2 aliphatic rings. The summed E-state index contributed by atoms with van der Waals surface area (Å²) < 4.78 is 0. The summed E-state index contributed by atoms with van der Waals surface area (Å²) in [5.74, 6) is 0. The summed E-state index contributed by atoms with van der Waals surface area (Å²) in [5, 5.41) is 4.98. The van der Waals surface area contributed by atoms with Gasteiger partial charge in [-0.2, -0.15) is 0 Å². The van der Waals surface area contributed by atoms with Gasteiger partial charge in [-0.25, -0.2) is 0 Å². The summed E-state index contributed by atoms with van der Waals surface area (Å²) >= 11 is 0. The molecule has 0 spiro atoms. The Morgan fingerprint density at radius 1 is 0.339 bits per heavy atom. The molecule has 10 aromatic rings. The van der Waals surface area contributed by atoms with Crippen LogP contribution in [0.15, 0.2) is 218 Å². The molecule has 0 heterocycles. The SMILES string of the molecule is CC1(C)c2ccccc2-c2cccc(-c3ccccc3-c3ccc(N(c4ccc5c(c4)C(C)(c4ccccc4)c4ccccc4-5)c4cccc5c4ccc4ccccc45)cc3)c21. The Hall–Kier alpha value is -7.48. The van der Waals surface area contributed by atoms with E-state index in [1.165, 1.54) is 93.9 Å². The van der Waals surface area contributed by atoms with E-state index in [-0.39, 0.29) is 10.8 Å². The van der Waals surface area contributed by atoms with E-state index in [0.717, 1.165) is 17.1 Å². The summed E-state index contributed by atoms with van der Waals surface area (Å²) in [6.45, 7) is 7.16. The zero-order chi connectivity index (χ0) is 41.6. The maximum absolute atomic E-state index is 2.48. The average Bonchev–Trinajstić information content (AvgIpc) is 3.73. The Kier molecular flexibility index (Phi) is 8.08. The molecule has 0 N–H and O–H groups in total. The summed E-state index contributed by atoms with van der Waals surface area (Å²) in [4.78, 5) is 2.48. The highest BCUT2D eigenvalue weighted by Gasteiger charge is 2.41. The molecule has 0 aromatic heterocycles. The summed E-state index contributed by atoms with van der Waals surface area (Å²) in [5.41, 5.74) is 20.0. The van der Waals surface area contributed by atoms with E-state index in [2.05, 4.69) is 244 Å². The highest BCUT2D eigenvalue weighted by atomic mass is 15.1. The van der Waals surface area contributed by atoms with Crippen molar-refractivity contribution < 1.29 is 0 Å². The van der Waals surface area contributed by atoms with Gasteiger partial charge >= 0.3 is 0 Å². The lowest BCUT2D eigenvalue weighted by atomic mass is 9.74. The van der Waals surface area contributed by atoms with Crippen molar-refractivity contribution in [2.24, 2.45) is 0 Å². The third-order valence-corrected chi connectivity index (χ3v) is 14.1. The molecule has 0 fully saturated rings. The van der Waals surface area contributed by atoms with Crippen molar-refractivity contribution in [2.45, 2.75) is 31.6 Å². The lowest BCUT2D eigenvalue weighted by Gasteiger charge is -2.31. The van der Waals surface area contributed by atoms with Gasteiger partial charge in [-0.3, -0.25) is 0 Å². The van der Waals surface area contributed by atoms with E-state index in [9.17, 15) is 0 Å². The van der Waals surface area contributed by atoms with Crippen molar-refractivity contribution >= 4 is 38.6 Å². The number of benzene rings is 10. The number of nitrogens with zero attached hydrogens (tertiary/aromatic N) is 1. The van der Waals surface area contributed by atoms with E-state index in [1.54, 1.807) is 0 Å². The molecule has 1 nitrogen and oxygen atoms in total. The molecular formula is C61H45N. The van der Waals surface area contributed by atoms with Crippen LogP contribution in [-0.4, -0.2) is 0 Å². The highest BCUT2D eigenvalue weighted by molar-refractivity contribution is 6.13. The van der Waals surface area contributed by atoms with Crippen LogP contribution in [-0.2, 0) is 10.8 Å². The predicted octanol–water partition coefficient (Wildman–Crippen LogP) is 16.4. The second-order valence-electron chi connectivity index (χ2n) is 17.8. The van der Waals surface area contributed by atoms with Crippen LogP contribution in [0, 0.1) is 0 Å². The molecule has 294 valence electrons. The molecule has 0 radical (unpaired) electrons. The average molecular weight is 792 g/mol. The zero-order valence-electron chi connectivity index (χ0n) is 35.2.